The number of aryl methyl sites for hydroxylation is 1. The van der Waals surface area contributed by atoms with Crippen LogP contribution in [-0.2, 0) is 0 Å². The average Bonchev–Trinajstić information content (AvgIpc) is 2.24. The normalized spacial score (nSPS) is 9.50. The van der Waals surface area contributed by atoms with Crippen LogP contribution in [0.2, 0.25) is 0 Å². The van der Waals surface area contributed by atoms with E-state index in [0.29, 0.717) is 24.9 Å². The van der Waals surface area contributed by atoms with Crippen molar-refractivity contribution in [3.8, 4) is 11.8 Å². The van der Waals surface area contributed by atoms with Crippen LogP contribution >= 0.6 is 0 Å². The van der Waals surface area contributed by atoms with Gasteiger partial charge in [-0.1, -0.05) is 0 Å². The number of carbonyl (C=O) groups is 1. The van der Waals surface area contributed by atoms with E-state index in [1.54, 1.807) is 19.1 Å². The maximum atomic E-state index is 11.7. The molecule has 0 unspecified atom stereocenters. The molecular weight excluding hydrogens is 204 g/mol. The van der Waals surface area contributed by atoms with E-state index >= 15 is 0 Å². The molecule has 0 heterocycles. The highest BCUT2D eigenvalue weighted by Crippen LogP contribution is 2.15. The lowest BCUT2D eigenvalue weighted by Gasteiger charge is -2.06. The standard InChI is InChI=1S/C12H14N2O2/c1-9-8-10(15)4-5-11(9)12(16)14-7-3-2-6-13/h4-5,8,15H,2-3,7H2,1H3,(H,14,16). The number of hydrogen-bond donors (Lipinski definition) is 2. The lowest BCUT2D eigenvalue weighted by Crippen LogP contribution is -2.25. The molecule has 0 bridgehead atoms. The SMILES string of the molecule is Cc1cc(O)ccc1C(=O)NCCCC#N. The van der Waals surface area contributed by atoms with Gasteiger partial charge in [0.15, 0.2) is 0 Å². The molecule has 4 nitrogen and oxygen atoms in total. The molecule has 2 N–H and O–H groups in total. The van der Waals surface area contributed by atoms with Crippen molar-refractivity contribution in [2.45, 2.75) is 19.8 Å². The molecule has 0 aliphatic heterocycles. The molecule has 0 fully saturated rings. The van der Waals surface area contributed by atoms with Crippen LogP contribution in [0.5, 0.6) is 5.75 Å². The third-order valence-electron chi connectivity index (χ3n) is 2.21. The van der Waals surface area contributed by atoms with Crippen LogP contribution < -0.4 is 5.32 Å². The summed E-state index contributed by atoms with van der Waals surface area (Å²) in [4.78, 5) is 11.7. The summed E-state index contributed by atoms with van der Waals surface area (Å²) in [6, 6.07) is 6.63. The van der Waals surface area contributed by atoms with Crippen molar-refractivity contribution in [1.82, 2.24) is 5.32 Å². The lowest BCUT2D eigenvalue weighted by molar-refractivity contribution is 0.0952. The predicted octanol–water partition coefficient (Wildman–Crippen LogP) is 1.73. The molecule has 1 amide bonds. The zero-order valence-corrected chi connectivity index (χ0v) is 9.16. The van der Waals surface area contributed by atoms with E-state index in [4.69, 9.17) is 5.26 Å². The number of nitrogens with one attached hydrogen (secondary N) is 1. The first-order valence-electron chi connectivity index (χ1n) is 5.10. The first-order chi connectivity index (χ1) is 7.65. The Bertz CT molecular complexity index is 422. The number of nitriles is 1. The third kappa shape index (κ3) is 3.28. The highest BCUT2D eigenvalue weighted by Gasteiger charge is 2.08. The van der Waals surface area contributed by atoms with E-state index < -0.39 is 0 Å². The highest BCUT2D eigenvalue weighted by molar-refractivity contribution is 5.95. The molecule has 0 atom stereocenters. The van der Waals surface area contributed by atoms with Gasteiger partial charge in [0, 0.05) is 18.5 Å². The lowest BCUT2D eigenvalue weighted by atomic mass is 10.1. The minimum atomic E-state index is -0.171. The first-order valence-corrected chi connectivity index (χ1v) is 5.10. The monoisotopic (exact) mass is 218 g/mol. The molecule has 0 saturated carbocycles. The van der Waals surface area contributed by atoms with Crippen molar-refractivity contribution in [2.75, 3.05) is 6.54 Å². The number of phenolic OH excluding ortho intramolecular Hbond substituents is 1. The summed E-state index contributed by atoms with van der Waals surface area (Å²) in [5.74, 6) is -0.0195. The van der Waals surface area contributed by atoms with Crippen LogP contribution in [0.3, 0.4) is 0 Å². The first kappa shape index (κ1) is 12.1. The van der Waals surface area contributed by atoms with Gasteiger partial charge in [-0.3, -0.25) is 4.79 Å². The fraction of sp³-hybridized carbons (Fsp3) is 0.333. The summed E-state index contributed by atoms with van der Waals surface area (Å²) in [6.07, 6.45) is 1.09. The number of phenols is 1. The summed E-state index contributed by atoms with van der Waals surface area (Å²) in [7, 11) is 0. The van der Waals surface area contributed by atoms with Gasteiger partial charge in [0.05, 0.1) is 6.07 Å². The van der Waals surface area contributed by atoms with Gasteiger partial charge < -0.3 is 10.4 Å². The van der Waals surface area contributed by atoms with Gasteiger partial charge in [-0.05, 0) is 37.1 Å². The number of hydrogen-bond acceptors (Lipinski definition) is 3. The van der Waals surface area contributed by atoms with Gasteiger partial charge in [0.1, 0.15) is 5.75 Å². The van der Waals surface area contributed by atoms with Crippen molar-refractivity contribution in [2.24, 2.45) is 0 Å². The second-order valence-electron chi connectivity index (χ2n) is 3.52. The second kappa shape index (κ2) is 5.76. The van der Waals surface area contributed by atoms with Crippen molar-refractivity contribution in [1.29, 1.82) is 5.26 Å². The fourth-order valence-electron chi connectivity index (χ4n) is 1.37. The Morgan fingerprint density at radius 2 is 2.31 bits per heavy atom. The number of nitrogens with zero attached hydrogens (tertiary/aromatic N) is 1. The molecular formula is C12H14N2O2. The highest BCUT2D eigenvalue weighted by atomic mass is 16.3. The van der Waals surface area contributed by atoms with Crippen LogP contribution in [0, 0.1) is 18.3 Å². The van der Waals surface area contributed by atoms with E-state index in [0.717, 1.165) is 5.56 Å². The van der Waals surface area contributed by atoms with Crippen LogP contribution in [-0.4, -0.2) is 17.6 Å². The maximum absolute atomic E-state index is 11.7. The van der Waals surface area contributed by atoms with E-state index in [9.17, 15) is 9.90 Å². The number of aromatic hydroxyl groups is 1. The second-order valence-corrected chi connectivity index (χ2v) is 3.52. The van der Waals surface area contributed by atoms with Crippen LogP contribution in [0.4, 0.5) is 0 Å². The average molecular weight is 218 g/mol. The molecule has 0 spiro atoms. The molecule has 0 aliphatic rings. The number of carbonyl (C=O) groups excluding carboxylic acids is 1. The number of amides is 1. The molecule has 0 aromatic heterocycles. The largest absolute Gasteiger partial charge is 0.508 e. The molecule has 16 heavy (non-hydrogen) atoms. The zero-order chi connectivity index (χ0) is 12.0. The molecule has 1 rings (SSSR count). The van der Waals surface area contributed by atoms with E-state index in [2.05, 4.69) is 5.32 Å². The summed E-state index contributed by atoms with van der Waals surface area (Å²) in [5, 5.41) is 20.3. The quantitative estimate of drug-likeness (QED) is 0.756. The Kier molecular flexibility index (Phi) is 4.34. The van der Waals surface area contributed by atoms with E-state index in [-0.39, 0.29) is 11.7 Å². The van der Waals surface area contributed by atoms with Crippen molar-refractivity contribution in [3.05, 3.63) is 29.3 Å². The fourth-order valence-corrected chi connectivity index (χ4v) is 1.37. The minimum Gasteiger partial charge on any atom is -0.508 e. The molecule has 1 aromatic rings. The molecule has 0 aliphatic carbocycles. The molecule has 84 valence electrons. The van der Waals surface area contributed by atoms with Gasteiger partial charge in [-0.15, -0.1) is 0 Å². The zero-order valence-electron chi connectivity index (χ0n) is 9.16. The van der Waals surface area contributed by atoms with E-state index in [1.165, 1.54) is 6.07 Å². The number of benzene rings is 1. The van der Waals surface area contributed by atoms with Gasteiger partial charge >= 0.3 is 0 Å². The summed E-state index contributed by atoms with van der Waals surface area (Å²) in [6.45, 7) is 2.26. The summed E-state index contributed by atoms with van der Waals surface area (Å²) < 4.78 is 0. The van der Waals surface area contributed by atoms with Crippen molar-refractivity contribution < 1.29 is 9.90 Å². The Morgan fingerprint density at radius 1 is 1.56 bits per heavy atom. The molecule has 0 radical (unpaired) electrons. The summed E-state index contributed by atoms with van der Waals surface area (Å²) in [5.41, 5.74) is 1.28. The predicted molar refractivity (Wildman–Crippen MR) is 60.0 cm³/mol. The van der Waals surface area contributed by atoms with Crippen molar-refractivity contribution >= 4 is 5.91 Å². The van der Waals surface area contributed by atoms with Gasteiger partial charge in [-0.2, -0.15) is 5.26 Å². The summed E-state index contributed by atoms with van der Waals surface area (Å²) >= 11 is 0. The smallest absolute Gasteiger partial charge is 0.251 e. The van der Waals surface area contributed by atoms with Gasteiger partial charge in [-0.25, -0.2) is 0 Å². The maximum Gasteiger partial charge on any atom is 0.251 e. The van der Waals surface area contributed by atoms with Crippen LogP contribution in [0.1, 0.15) is 28.8 Å². The molecule has 1 aromatic carbocycles. The van der Waals surface area contributed by atoms with Crippen LogP contribution in [0.25, 0.3) is 0 Å². The van der Waals surface area contributed by atoms with Gasteiger partial charge in [0.25, 0.3) is 5.91 Å². The van der Waals surface area contributed by atoms with Crippen LogP contribution in [0.15, 0.2) is 18.2 Å². The Labute approximate surface area is 94.5 Å². The molecule has 0 saturated heterocycles. The van der Waals surface area contributed by atoms with Crippen molar-refractivity contribution in [3.63, 3.8) is 0 Å². The minimum absolute atomic E-state index is 0.151. The van der Waals surface area contributed by atoms with Gasteiger partial charge in [0.2, 0.25) is 0 Å². The third-order valence-corrected chi connectivity index (χ3v) is 2.21. The molecule has 4 heteroatoms. The Morgan fingerprint density at radius 3 is 2.94 bits per heavy atom. The Hall–Kier alpha value is -2.02. The van der Waals surface area contributed by atoms with E-state index in [1.807, 2.05) is 6.07 Å². The number of unbranched alkanes of at least 4 members (excludes halogenated alkanes) is 1. The number of rotatable bonds is 4. The topological polar surface area (TPSA) is 73.1 Å². The Balaban J connectivity index is 2.57.